The van der Waals surface area contributed by atoms with E-state index < -0.39 is 0 Å². The first-order valence-electron chi connectivity index (χ1n) is 12.4. The summed E-state index contributed by atoms with van der Waals surface area (Å²) in [6.07, 6.45) is 2.31. The lowest BCUT2D eigenvalue weighted by atomic mass is 10.0. The van der Waals surface area contributed by atoms with E-state index in [1.54, 1.807) is 16.0 Å². The maximum absolute atomic E-state index is 13.7. The summed E-state index contributed by atoms with van der Waals surface area (Å²) in [5, 5.41) is 6.67. The maximum atomic E-state index is 13.7. The number of thiophene rings is 1. The highest BCUT2D eigenvalue weighted by Crippen LogP contribution is 2.27. The number of nitrogens with zero attached hydrogens (tertiary/aromatic N) is 5. The fourth-order valence-corrected chi connectivity index (χ4v) is 5.38. The minimum absolute atomic E-state index is 0.0473. The zero-order valence-corrected chi connectivity index (χ0v) is 21.1. The number of hydrogen-bond donors (Lipinski definition) is 0. The Labute approximate surface area is 215 Å². The average Bonchev–Trinajstić information content (AvgIpc) is 3.63. The van der Waals surface area contributed by atoms with Gasteiger partial charge in [-0.1, -0.05) is 49.4 Å². The first-order valence-corrected chi connectivity index (χ1v) is 13.3. The quantitative estimate of drug-likeness (QED) is 0.352. The molecule has 0 atom stereocenters. The summed E-state index contributed by atoms with van der Waals surface area (Å²) in [6.45, 7) is 3.95. The van der Waals surface area contributed by atoms with Crippen LogP contribution in [0.5, 0.6) is 0 Å². The summed E-state index contributed by atoms with van der Waals surface area (Å²) in [7, 11) is 0. The molecular formula is C28H29N5O2S. The van der Waals surface area contributed by atoms with E-state index in [0.29, 0.717) is 31.0 Å². The number of likely N-dealkylation sites (tertiary alicyclic amines) is 1. The number of piperidine rings is 1. The Balaban J connectivity index is 1.36. The van der Waals surface area contributed by atoms with Crippen LogP contribution < -0.4 is 0 Å². The van der Waals surface area contributed by atoms with Gasteiger partial charge >= 0.3 is 0 Å². The van der Waals surface area contributed by atoms with Crippen molar-refractivity contribution < 1.29 is 9.59 Å². The summed E-state index contributed by atoms with van der Waals surface area (Å²) in [6, 6.07) is 23.2. The zero-order chi connectivity index (χ0) is 24.9. The molecule has 2 aromatic heterocycles. The highest BCUT2D eigenvalue weighted by molar-refractivity contribution is 7.13. The van der Waals surface area contributed by atoms with Crippen LogP contribution in [0.1, 0.15) is 47.2 Å². The largest absolute Gasteiger partial charge is 0.338 e. The van der Waals surface area contributed by atoms with Crippen LogP contribution >= 0.6 is 11.3 Å². The first kappa shape index (κ1) is 23.9. The van der Waals surface area contributed by atoms with Crippen molar-refractivity contribution in [3.8, 4) is 16.4 Å². The molecule has 0 saturated carbocycles. The third-order valence-corrected chi connectivity index (χ3v) is 7.35. The predicted molar refractivity (Wildman–Crippen MR) is 141 cm³/mol. The van der Waals surface area contributed by atoms with Crippen molar-refractivity contribution >= 4 is 23.2 Å². The molecule has 4 aromatic rings. The summed E-state index contributed by atoms with van der Waals surface area (Å²) in [5.41, 5.74) is 1.57. The summed E-state index contributed by atoms with van der Waals surface area (Å²) >= 11 is 1.57. The van der Waals surface area contributed by atoms with Crippen LogP contribution in [0.25, 0.3) is 16.4 Å². The van der Waals surface area contributed by atoms with Crippen molar-refractivity contribution in [2.45, 2.75) is 32.2 Å². The van der Waals surface area contributed by atoms with Gasteiger partial charge in [-0.3, -0.25) is 9.59 Å². The molecule has 36 heavy (non-hydrogen) atoms. The zero-order valence-electron chi connectivity index (χ0n) is 20.3. The number of aromatic nitrogens is 3. The van der Waals surface area contributed by atoms with Crippen LogP contribution in [0.3, 0.4) is 0 Å². The molecule has 0 aliphatic carbocycles. The third-order valence-electron chi connectivity index (χ3n) is 6.48. The van der Waals surface area contributed by atoms with Crippen molar-refractivity contribution in [1.82, 2.24) is 24.6 Å². The SMILES string of the molecule is CCCN(C(=O)c1nc(-c2cccs2)n(-c2ccccc2)n1)C1CCN(C(=O)c2ccccc2)CC1. The fourth-order valence-electron chi connectivity index (χ4n) is 4.68. The Morgan fingerprint density at radius 1 is 0.972 bits per heavy atom. The minimum atomic E-state index is -0.155. The smallest absolute Gasteiger partial charge is 0.293 e. The molecule has 3 heterocycles. The van der Waals surface area contributed by atoms with Gasteiger partial charge in [-0.05, 0) is 55.0 Å². The van der Waals surface area contributed by atoms with Crippen molar-refractivity contribution in [2.24, 2.45) is 0 Å². The van der Waals surface area contributed by atoms with E-state index in [9.17, 15) is 9.59 Å². The molecule has 2 amide bonds. The van der Waals surface area contributed by atoms with Gasteiger partial charge in [0.15, 0.2) is 5.82 Å². The molecule has 1 aliphatic heterocycles. The molecule has 0 N–H and O–H groups in total. The normalized spacial score (nSPS) is 14.1. The van der Waals surface area contributed by atoms with Crippen LogP contribution in [0.4, 0.5) is 0 Å². The first-order chi connectivity index (χ1) is 17.7. The Morgan fingerprint density at radius 2 is 1.67 bits per heavy atom. The highest BCUT2D eigenvalue weighted by Gasteiger charge is 2.32. The fraction of sp³-hybridized carbons (Fsp3) is 0.286. The van der Waals surface area contributed by atoms with Gasteiger partial charge in [-0.25, -0.2) is 9.67 Å². The van der Waals surface area contributed by atoms with Crippen LogP contribution in [-0.2, 0) is 0 Å². The molecule has 5 rings (SSSR count). The van der Waals surface area contributed by atoms with Crippen LogP contribution in [-0.4, -0.2) is 62.1 Å². The van der Waals surface area contributed by atoms with Gasteiger partial charge in [0.05, 0.1) is 10.6 Å². The molecule has 1 saturated heterocycles. The van der Waals surface area contributed by atoms with Crippen molar-refractivity contribution in [1.29, 1.82) is 0 Å². The third kappa shape index (κ3) is 4.95. The summed E-state index contributed by atoms with van der Waals surface area (Å²) in [5.74, 6) is 0.765. The van der Waals surface area contributed by atoms with E-state index in [0.717, 1.165) is 29.8 Å². The standard InChI is InChI=1S/C28H29N5O2S/c1-2-17-32(22-15-18-31(19-16-22)27(34)21-10-5-3-6-11-21)28(35)25-29-26(24-14-9-20-36-24)33(30-25)23-12-7-4-8-13-23/h3-14,20,22H,2,15-19H2,1H3. The van der Waals surface area contributed by atoms with Crippen LogP contribution in [0, 0.1) is 0 Å². The number of benzene rings is 2. The number of rotatable bonds is 7. The van der Waals surface area contributed by atoms with E-state index in [2.05, 4.69) is 12.0 Å². The number of carbonyl (C=O) groups is 2. The van der Waals surface area contributed by atoms with Crippen LogP contribution in [0.2, 0.25) is 0 Å². The Kier molecular flexibility index (Phi) is 7.23. The van der Waals surface area contributed by atoms with Crippen molar-refractivity contribution in [3.05, 3.63) is 89.6 Å². The van der Waals surface area contributed by atoms with Gasteiger partial charge in [0.2, 0.25) is 5.82 Å². The molecule has 1 aliphatic rings. The van der Waals surface area contributed by atoms with E-state index in [1.165, 1.54) is 0 Å². The lowest BCUT2D eigenvalue weighted by Crippen LogP contribution is -2.49. The molecule has 0 radical (unpaired) electrons. The Hall–Kier alpha value is -3.78. The number of hydrogen-bond acceptors (Lipinski definition) is 5. The van der Waals surface area contributed by atoms with Gasteiger partial charge in [-0.15, -0.1) is 16.4 Å². The molecule has 7 nitrogen and oxygen atoms in total. The molecule has 0 unspecified atom stereocenters. The highest BCUT2D eigenvalue weighted by atomic mass is 32.1. The van der Waals surface area contributed by atoms with E-state index >= 15 is 0 Å². The van der Waals surface area contributed by atoms with E-state index in [4.69, 9.17) is 4.98 Å². The van der Waals surface area contributed by atoms with E-state index in [1.807, 2.05) is 88.0 Å². The van der Waals surface area contributed by atoms with Gasteiger partial charge in [0, 0.05) is 31.2 Å². The molecular weight excluding hydrogens is 470 g/mol. The van der Waals surface area contributed by atoms with Crippen molar-refractivity contribution in [3.63, 3.8) is 0 Å². The topological polar surface area (TPSA) is 71.3 Å². The van der Waals surface area contributed by atoms with Gasteiger partial charge in [-0.2, -0.15) is 0 Å². The summed E-state index contributed by atoms with van der Waals surface area (Å²) < 4.78 is 1.75. The van der Waals surface area contributed by atoms with Gasteiger partial charge < -0.3 is 9.80 Å². The molecule has 2 aromatic carbocycles. The number of para-hydroxylation sites is 1. The van der Waals surface area contributed by atoms with Crippen molar-refractivity contribution in [2.75, 3.05) is 19.6 Å². The second-order valence-electron chi connectivity index (χ2n) is 8.87. The minimum Gasteiger partial charge on any atom is -0.338 e. The summed E-state index contributed by atoms with van der Waals surface area (Å²) in [4.78, 5) is 36.1. The van der Waals surface area contributed by atoms with Gasteiger partial charge in [0.1, 0.15) is 0 Å². The molecule has 184 valence electrons. The number of amides is 2. The molecule has 8 heteroatoms. The van der Waals surface area contributed by atoms with Crippen LogP contribution in [0.15, 0.2) is 78.2 Å². The Bertz CT molecular complexity index is 1300. The second-order valence-corrected chi connectivity index (χ2v) is 9.82. The monoisotopic (exact) mass is 499 g/mol. The van der Waals surface area contributed by atoms with E-state index in [-0.39, 0.29) is 23.7 Å². The lowest BCUT2D eigenvalue weighted by Gasteiger charge is -2.38. The Morgan fingerprint density at radius 3 is 2.31 bits per heavy atom. The second kappa shape index (κ2) is 10.9. The van der Waals surface area contributed by atoms with Gasteiger partial charge in [0.25, 0.3) is 11.8 Å². The average molecular weight is 500 g/mol. The predicted octanol–water partition coefficient (Wildman–Crippen LogP) is 5.15. The lowest BCUT2D eigenvalue weighted by molar-refractivity contribution is 0.0511. The molecule has 1 fully saturated rings. The number of carbonyl (C=O) groups excluding carboxylic acids is 2. The maximum Gasteiger partial charge on any atom is 0.293 e. The molecule has 0 bridgehead atoms. The molecule has 0 spiro atoms.